The van der Waals surface area contributed by atoms with E-state index in [2.05, 4.69) is 9.71 Å². The Hall–Kier alpha value is -2.61. The molecule has 0 fully saturated rings. The maximum absolute atomic E-state index is 12.9. The van der Waals surface area contributed by atoms with Crippen LogP contribution in [0.2, 0.25) is 10.0 Å². The van der Waals surface area contributed by atoms with Crippen molar-refractivity contribution < 1.29 is 17.9 Å². The van der Waals surface area contributed by atoms with Crippen LogP contribution < -0.4 is 9.46 Å². The number of carbonyl (C=O) groups excluding carboxylic acids is 1. The first kappa shape index (κ1) is 21.1. The van der Waals surface area contributed by atoms with Crippen molar-refractivity contribution in [1.29, 1.82) is 0 Å². The maximum atomic E-state index is 12.9. The van der Waals surface area contributed by atoms with Crippen LogP contribution in [-0.2, 0) is 14.8 Å². The van der Waals surface area contributed by atoms with Crippen molar-refractivity contribution in [3.05, 3.63) is 70.5 Å². The summed E-state index contributed by atoms with van der Waals surface area (Å²) in [7, 11) is -3.95. The number of hydrogen-bond acceptors (Lipinski definition) is 5. The van der Waals surface area contributed by atoms with Crippen molar-refractivity contribution >= 4 is 44.9 Å². The maximum Gasteiger partial charge on any atom is 0.308 e. The Bertz CT molecular complexity index is 1180. The van der Waals surface area contributed by atoms with Crippen LogP contribution in [0.4, 0.5) is 5.69 Å². The van der Waals surface area contributed by atoms with Crippen LogP contribution in [0.25, 0.3) is 11.1 Å². The van der Waals surface area contributed by atoms with Gasteiger partial charge < -0.3 is 4.74 Å². The Balaban J connectivity index is 2.12. The van der Waals surface area contributed by atoms with Gasteiger partial charge >= 0.3 is 5.97 Å². The fourth-order valence-corrected chi connectivity index (χ4v) is 4.32. The van der Waals surface area contributed by atoms with E-state index in [1.165, 1.54) is 25.3 Å². The number of esters is 1. The van der Waals surface area contributed by atoms with Gasteiger partial charge in [0.2, 0.25) is 0 Å². The second-order valence-electron chi connectivity index (χ2n) is 6.26. The number of rotatable bonds is 5. The number of aryl methyl sites for hydroxylation is 1. The predicted octanol–water partition coefficient (Wildman–Crippen LogP) is 5.09. The van der Waals surface area contributed by atoms with Gasteiger partial charge in [0.1, 0.15) is 10.6 Å². The molecule has 0 saturated carbocycles. The van der Waals surface area contributed by atoms with Gasteiger partial charge in [-0.25, -0.2) is 8.42 Å². The van der Waals surface area contributed by atoms with Gasteiger partial charge in [-0.2, -0.15) is 0 Å². The number of benzene rings is 2. The topological polar surface area (TPSA) is 85.4 Å². The average molecular weight is 451 g/mol. The van der Waals surface area contributed by atoms with E-state index >= 15 is 0 Å². The zero-order chi connectivity index (χ0) is 21.2. The van der Waals surface area contributed by atoms with E-state index in [0.717, 1.165) is 0 Å². The minimum Gasteiger partial charge on any atom is -0.427 e. The lowest BCUT2D eigenvalue weighted by atomic mass is 10.0. The van der Waals surface area contributed by atoms with Gasteiger partial charge in [0.15, 0.2) is 0 Å². The number of nitrogens with one attached hydrogen (secondary N) is 1. The summed E-state index contributed by atoms with van der Waals surface area (Å²) >= 11 is 12.2. The molecule has 2 aromatic carbocycles. The average Bonchev–Trinajstić information content (AvgIpc) is 2.60. The Kier molecular flexibility index (Phi) is 6.12. The SMILES string of the molecule is CC(=O)Oc1ccc(-c2cc(Cl)cc(Cl)c2)c(NS(=O)(=O)c2cncc(C)c2)c1. The van der Waals surface area contributed by atoms with Gasteiger partial charge in [0.05, 0.1) is 5.69 Å². The zero-order valence-corrected chi connectivity index (χ0v) is 17.8. The van der Waals surface area contributed by atoms with Crippen molar-refractivity contribution in [2.45, 2.75) is 18.7 Å². The molecule has 9 heteroatoms. The summed E-state index contributed by atoms with van der Waals surface area (Å²) in [5.74, 6) is -0.338. The van der Waals surface area contributed by atoms with Crippen molar-refractivity contribution in [2.75, 3.05) is 4.72 Å². The number of hydrogen-bond donors (Lipinski definition) is 1. The molecule has 3 aromatic rings. The highest BCUT2D eigenvalue weighted by Crippen LogP contribution is 2.36. The van der Waals surface area contributed by atoms with E-state index in [1.54, 1.807) is 43.5 Å². The lowest BCUT2D eigenvalue weighted by Gasteiger charge is -2.15. The number of halogens is 2. The lowest BCUT2D eigenvalue weighted by Crippen LogP contribution is -2.14. The summed E-state index contributed by atoms with van der Waals surface area (Å²) < 4.78 is 33.4. The van der Waals surface area contributed by atoms with Crippen LogP contribution >= 0.6 is 23.2 Å². The van der Waals surface area contributed by atoms with E-state index in [4.69, 9.17) is 27.9 Å². The Morgan fingerprint density at radius 1 is 1.03 bits per heavy atom. The number of ether oxygens (including phenoxy) is 1. The van der Waals surface area contributed by atoms with E-state index in [9.17, 15) is 13.2 Å². The van der Waals surface area contributed by atoms with E-state index in [1.807, 2.05) is 0 Å². The molecule has 150 valence electrons. The van der Waals surface area contributed by atoms with Gasteiger partial charge in [0, 0.05) is 41.0 Å². The Morgan fingerprint density at radius 3 is 2.34 bits per heavy atom. The van der Waals surface area contributed by atoms with Gasteiger partial charge in [-0.15, -0.1) is 0 Å². The molecular formula is C20H16Cl2N2O4S. The van der Waals surface area contributed by atoms with E-state index in [0.29, 0.717) is 26.7 Å². The summed E-state index contributed by atoms with van der Waals surface area (Å²) in [5.41, 5.74) is 2.00. The fraction of sp³-hybridized carbons (Fsp3) is 0.100. The highest BCUT2D eigenvalue weighted by molar-refractivity contribution is 7.92. The molecule has 0 aliphatic rings. The van der Waals surface area contributed by atoms with Crippen molar-refractivity contribution in [2.24, 2.45) is 0 Å². The molecule has 0 radical (unpaired) electrons. The number of carbonyl (C=O) groups is 1. The summed E-state index contributed by atoms with van der Waals surface area (Å²) in [6.45, 7) is 3.00. The molecule has 0 aliphatic carbocycles. The second-order valence-corrected chi connectivity index (χ2v) is 8.82. The number of anilines is 1. The molecule has 0 aliphatic heterocycles. The first-order valence-corrected chi connectivity index (χ1v) is 10.6. The van der Waals surface area contributed by atoms with E-state index in [-0.39, 0.29) is 16.3 Å². The minimum atomic E-state index is -3.95. The van der Waals surface area contributed by atoms with Crippen molar-refractivity contribution in [1.82, 2.24) is 4.98 Å². The molecule has 1 aromatic heterocycles. The normalized spacial score (nSPS) is 11.2. The molecule has 0 bridgehead atoms. The molecule has 0 saturated heterocycles. The highest BCUT2D eigenvalue weighted by Gasteiger charge is 2.19. The summed E-state index contributed by atoms with van der Waals surface area (Å²) in [6, 6.07) is 11.0. The Labute approximate surface area is 178 Å². The number of sulfonamides is 1. The fourth-order valence-electron chi connectivity index (χ4n) is 2.68. The molecule has 0 unspecified atom stereocenters. The third-order valence-electron chi connectivity index (χ3n) is 3.83. The molecule has 0 spiro atoms. The lowest BCUT2D eigenvalue weighted by molar-refractivity contribution is -0.131. The summed E-state index contributed by atoms with van der Waals surface area (Å²) in [6.07, 6.45) is 2.81. The molecule has 1 N–H and O–H groups in total. The molecule has 0 atom stereocenters. The smallest absolute Gasteiger partial charge is 0.308 e. The highest BCUT2D eigenvalue weighted by atomic mass is 35.5. The molecule has 0 amide bonds. The van der Waals surface area contributed by atoms with Gasteiger partial charge in [-0.05, 0) is 54.4 Å². The monoisotopic (exact) mass is 450 g/mol. The quantitative estimate of drug-likeness (QED) is 0.432. The van der Waals surface area contributed by atoms with Gasteiger partial charge in [-0.3, -0.25) is 14.5 Å². The molecule has 1 heterocycles. The first-order chi connectivity index (χ1) is 13.6. The number of nitrogens with zero attached hydrogens (tertiary/aromatic N) is 1. The molecular weight excluding hydrogens is 435 g/mol. The second kappa shape index (κ2) is 8.41. The van der Waals surface area contributed by atoms with Gasteiger partial charge in [0.25, 0.3) is 10.0 Å². The van der Waals surface area contributed by atoms with E-state index < -0.39 is 16.0 Å². The van der Waals surface area contributed by atoms with Crippen LogP contribution in [0.15, 0.2) is 59.8 Å². The van der Waals surface area contributed by atoms with Crippen molar-refractivity contribution in [3.63, 3.8) is 0 Å². The van der Waals surface area contributed by atoms with Crippen LogP contribution in [0.3, 0.4) is 0 Å². The van der Waals surface area contributed by atoms with Crippen LogP contribution in [-0.4, -0.2) is 19.4 Å². The molecule has 29 heavy (non-hydrogen) atoms. The zero-order valence-electron chi connectivity index (χ0n) is 15.4. The van der Waals surface area contributed by atoms with Gasteiger partial charge in [-0.1, -0.05) is 23.2 Å². The third kappa shape index (κ3) is 5.26. The molecule has 6 nitrogen and oxygen atoms in total. The standard InChI is InChI=1S/C20H16Cl2N2O4S/c1-12-5-18(11-23-10-12)29(26,27)24-20-9-17(28-13(2)25)3-4-19(20)14-6-15(21)8-16(22)7-14/h3-11,24H,1-2H3. The molecule has 3 rings (SSSR count). The largest absolute Gasteiger partial charge is 0.427 e. The van der Waals surface area contributed by atoms with Crippen LogP contribution in [0.5, 0.6) is 5.75 Å². The van der Waals surface area contributed by atoms with Crippen LogP contribution in [0.1, 0.15) is 12.5 Å². The van der Waals surface area contributed by atoms with Crippen LogP contribution in [0, 0.1) is 6.92 Å². The van der Waals surface area contributed by atoms with Crippen molar-refractivity contribution in [3.8, 4) is 16.9 Å². The third-order valence-corrected chi connectivity index (χ3v) is 5.60. The first-order valence-electron chi connectivity index (χ1n) is 8.37. The number of aromatic nitrogens is 1. The number of pyridine rings is 1. The Morgan fingerprint density at radius 2 is 1.72 bits per heavy atom. The summed E-state index contributed by atoms with van der Waals surface area (Å²) in [4.78, 5) is 15.2. The predicted molar refractivity (Wildman–Crippen MR) is 113 cm³/mol. The minimum absolute atomic E-state index is 0.00506. The summed E-state index contributed by atoms with van der Waals surface area (Å²) in [5, 5.41) is 0.793.